The molecule has 0 N–H and O–H groups in total. The zero-order valence-corrected chi connectivity index (χ0v) is 16.9. The van der Waals surface area contributed by atoms with Gasteiger partial charge in [0.2, 0.25) is 10.0 Å². The number of rotatable bonds is 6. The normalized spacial score (nSPS) is 19.0. The van der Waals surface area contributed by atoms with Crippen LogP contribution in [0, 0.1) is 0 Å². The molecule has 2 aromatic rings. The Bertz CT molecular complexity index is 1030. The zero-order valence-electron chi connectivity index (χ0n) is 15.3. The minimum atomic E-state index is -3.86. The van der Waals surface area contributed by atoms with Gasteiger partial charge in [-0.05, 0) is 29.2 Å². The van der Waals surface area contributed by atoms with Gasteiger partial charge in [0.25, 0.3) is 0 Å². The lowest BCUT2D eigenvalue weighted by Crippen LogP contribution is -2.40. The van der Waals surface area contributed by atoms with Crippen LogP contribution in [0.4, 0.5) is 0 Å². The van der Waals surface area contributed by atoms with Gasteiger partial charge in [0.1, 0.15) is 0 Å². The molecule has 27 heavy (non-hydrogen) atoms. The van der Waals surface area contributed by atoms with E-state index in [1.165, 1.54) is 10.4 Å². The summed E-state index contributed by atoms with van der Waals surface area (Å²) in [6, 6.07) is 15.3. The third-order valence-electron chi connectivity index (χ3n) is 4.62. The molecule has 144 valence electrons. The van der Waals surface area contributed by atoms with Crippen molar-refractivity contribution in [1.29, 1.82) is 0 Å². The summed E-state index contributed by atoms with van der Waals surface area (Å²) < 4.78 is 51.6. The van der Waals surface area contributed by atoms with Gasteiger partial charge in [0.15, 0.2) is 9.84 Å². The van der Waals surface area contributed by atoms with Gasteiger partial charge in [-0.25, -0.2) is 16.8 Å². The van der Waals surface area contributed by atoms with E-state index < -0.39 is 25.9 Å². The maximum absolute atomic E-state index is 13.3. The van der Waals surface area contributed by atoms with Crippen molar-refractivity contribution in [3.63, 3.8) is 0 Å². The summed E-state index contributed by atoms with van der Waals surface area (Å²) in [6.07, 6.45) is 1.46. The lowest BCUT2D eigenvalue weighted by atomic mass is 10.0. The summed E-state index contributed by atoms with van der Waals surface area (Å²) in [7, 11) is -7.24. The smallest absolute Gasteiger partial charge is 0.224 e. The van der Waals surface area contributed by atoms with E-state index in [-0.39, 0.29) is 17.2 Å². The molecule has 5 nitrogen and oxygen atoms in total. The van der Waals surface area contributed by atoms with Crippen LogP contribution in [-0.4, -0.2) is 32.9 Å². The van der Waals surface area contributed by atoms with Gasteiger partial charge in [0.05, 0.1) is 16.7 Å². The van der Waals surface area contributed by atoms with Gasteiger partial charge in [-0.15, -0.1) is 0 Å². The SMILES string of the molecule is CC(C)c1ccc(S(=O)(=O)N(Cc2ccccc2)[C@H]2C=CS(=O)(=O)C2)cc1. The van der Waals surface area contributed by atoms with Crippen LogP contribution < -0.4 is 0 Å². The van der Waals surface area contributed by atoms with Crippen LogP contribution in [0.2, 0.25) is 0 Å². The molecule has 0 saturated carbocycles. The van der Waals surface area contributed by atoms with Crippen molar-refractivity contribution < 1.29 is 16.8 Å². The van der Waals surface area contributed by atoms with Gasteiger partial charge in [-0.2, -0.15) is 4.31 Å². The molecule has 0 fully saturated rings. The van der Waals surface area contributed by atoms with E-state index in [9.17, 15) is 16.8 Å². The minimum absolute atomic E-state index is 0.111. The molecule has 0 bridgehead atoms. The molecular weight excluding hydrogens is 382 g/mol. The molecule has 7 heteroatoms. The summed E-state index contributed by atoms with van der Waals surface area (Å²) in [4.78, 5) is 0.167. The second kappa shape index (κ2) is 7.58. The topological polar surface area (TPSA) is 71.5 Å². The standard InChI is InChI=1S/C20H23NO4S2/c1-16(2)18-8-10-20(11-9-18)27(24,25)21(14-17-6-4-3-5-7-17)19-12-13-26(22,23)15-19/h3-13,16,19H,14-15H2,1-2H3/t19-/m0/s1. The number of hydrogen-bond acceptors (Lipinski definition) is 4. The van der Waals surface area contributed by atoms with Crippen molar-refractivity contribution in [1.82, 2.24) is 4.31 Å². The molecule has 0 saturated heterocycles. The second-order valence-electron chi connectivity index (χ2n) is 6.99. The zero-order chi connectivity index (χ0) is 19.7. The van der Waals surface area contributed by atoms with Crippen molar-refractivity contribution in [2.45, 2.75) is 37.2 Å². The molecule has 0 aliphatic carbocycles. The molecule has 1 aliphatic rings. The Morgan fingerprint density at radius 2 is 1.67 bits per heavy atom. The third kappa shape index (κ3) is 4.48. The fraction of sp³-hybridized carbons (Fsp3) is 0.300. The Balaban J connectivity index is 1.99. The van der Waals surface area contributed by atoms with E-state index in [1.807, 2.05) is 44.2 Å². The van der Waals surface area contributed by atoms with E-state index in [2.05, 4.69) is 0 Å². The highest BCUT2D eigenvalue weighted by Crippen LogP contribution is 2.26. The molecule has 1 atom stereocenters. The van der Waals surface area contributed by atoms with Crippen LogP contribution >= 0.6 is 0 Å². The Morgan fingerprint density at radius 1 is 1.04 bits per heavy atom. The van der Waals surface area contributed by atoms with E-state index in [0.29, 0.717) is 5.92 Å². The number of hydrogen-bond donors (Lipinski definition) is 0. The summed E-state index contributed by atoms with van der Waals surface area (Å²) >= 11 is 0. The second-order valence-corrected chi connectivity index (χ2v) is 10.8. The Hall–Kier alpha value is -1.96. The number of sulfone groups is 1. The molecule has 2 aromatic carbocycles. The molecule has 0 spiro atoms. The third-order valence-corrected chi connectivity index (χ3v) is 7.88. The maximum atomic E-state index is 13.3. The molecule has 0 unspecified atom stereocenters. The molecule has 0 aromatic heterocycles. The quantitative estimate of drug-likeness (QED) is 0.739. The van der Waals surface area contributed by atoms with Gasteiger partial charge < -0.3 is 0 Å². The van der Waals surface area contributed by atoms with E-state index >= 15 is 0 Å². The van der Waals surface area contributed by atoms with Gasteiger partial charge >= 0.3 is 0 Å². The fourth-order valence-electron chi connectivity index (χ4n) is 3.04. The van der Waals surface area contributed by atoms with Crippen molar-refractivity contribution in [3.05, 3.63) is 77.2 Å². The van der Waals surface area contributed by atoms with Crippen molar-refractivity contribution in [3.8, 4) is 0 Å². The van der Waals surface area contributed by atoms with Gasteiger partial charge in [-0.3, -0.25) is 0 Å². The molecule has 1 heterocycles. The van der Waals surface area contributed by atoms with Crippen LogP contribution in [0.1, 0.15) is 30.9 Å². The van der Waals surface area contributed by atoms with E-state index in [1.54, 1.807) is 24.3 Å². The van der Waals surface area contributed by atoms with Crippen LogP contribution in [0.5, 0.6) is 0 Å². The first-order valence-corrected chi connectivity index (χ1v) is 11.9. The summed E-state index contributed by atoms with van der Waals surface area (Å²) in [6.45, 7) is 4.19. The average Bonchev–Trinajstić information content (AvgIpc) is 3.00. The summed E-state index contributed by atoms with van der Waals surface area (Å²) in [5.74, 6) is 0.0634. The first kappa shape index (κ1) is 19.8. The first-order valence-electron chi connectivity index (χ1n) is 8.76. The first-order chi connectivity index (χ1) is 12.7. The van der Waals surface area contributed by atoms with Crippen molar-refractivity contribution in [2.24, 2.45) is 0 Å². The van der Waals surface area contributed by atoms with Crippen molar-refractivity contribution in [2.75, 3.05) is 5.75 Å². The molecule has 0 radical (unpaired) electrons. The Morgan fingerprint density at radius 3 is 2.19 bits per heavy atom. The van der Waals surface area contributed by atoms with Gasteiger partial charge in [0, 0.05) is 12.0 Å². The Kier molecular flexibility index (Phi) is 5.55. The van der Waals surface area contributed by atoms with E-state index in [4.69, 9.17) is 0 Å². The van der Waals surface area contributed by atoms with Gasteiger partial charge in [-0.1, -0.05) is 62.4 Å². The molecule has 0 amide bonds. The predicted molar refractivity (Wildman–Crippen MR) is 106 cm³/mol. The minimum Gasteiger partial charge on any atom is -0.224 e. The summed E-state index contributed by atoms with van der Waals surface area (Å²) in [5.41, 5.74) is 1.85. The van der Waals surface area contributed by atoms with Crippen LogP contribution in [-0.2, 0) is 26.4 Å². The monoisotopic (exact) mass is 405 g/mol. The lowest BCUT2D eigenvalue weighted by Gasteiger charge is -2.27. The number of nitrogens with zero attached hydrogens (tertiary/aromatic N) is 1. The highest BCUT2D eigenvalue weighted by atomic mass is 32.2. The molecular formula is C20H23NO4S2. The highest BCUT2D eigenvalue weighted by molar-refractivity contribution is 7.94. The number of benzene rings is 2. The van der Waals surface area contributed by atoms with Crippen LogP contribution in [0.3, 0.4) is 0 Å². The van der Waals surface area contributed by atoms with Crippen molar-refractivity contribution >= 4 is 19.9 Å². The largest absolute Gasteiger partial charge is 0.243 e. The molecule has 1 aliphatic heterocycles. The molecule has 3 rings (SSSR count). The summed E-state index contributed by atoms with van der Waals surface area (Å²) in [5, 5.41) is 1.10. The van der Waals surface area contributed by atoms with Crippen LogP contribution in [0.25, 0.3) is 0 Å². The lowest BCUT2D eigenvalue weighted by molar-refractivity contribution is 0.375. The fourth-order valence-corrected chi connectivity index (χ4v) is 6.01. The number of sulfonamides is 1. The average molecular weight is 406 g/mol. The van der Waals surface area contributed by atoms with Crippen LogP contribution in [0.15, 0.2) is 71.0 Å². The maximum Gasteiger partial charge on any atom is 0.243 e. The predicted octanol–water partition coefficient (Wildman–Crippen LogP) is 3.31. The van der Waals surface area contributed by atoms with E-state index in [0.717, 1.165) is 16.5 Å². The highest BCUT2D eigenvalue weighted by Gasteiger charge is 2.35. The Labute approximate surface area is 161 Å².